The Morgan fingerprint density at radius 2 is 1.07 bits per heavy atom. The lowest BCUT2D eigenvalue weighted by Gasteiger charge is -2.14. The Hall–Kier alpha value is -0.170. The molecule has 0 unspecified atom stereocenters. The standard InChI is InChI=1S/C15H31NO2.2C3H9N.BrH/c1-3-4-5-6-7-8-9-10-11-12-13-16-14(2)15(17)18;2*1-4(2)3;/h14,16H,3-13H2,1-2H3,(H,17,18);2*1-3H3;1H/t14-;;;/m0.../s1. The Kier molecular flexibility index (Phi) is 35.7. The van der Waals surface area contributed by atoms with Crippen LogP contribution in [0.25, 0.3) is 0 Å². The van der Waals surface area contributed by atoms with Crippen LogP contribution in [0.3, 0.4) is 0 Å². The van der Waals surface area contributed by atoms with E-state index in [1.165, 1.54) is 67.6 Å². The summed E-state index contributed by atoms with van der Waals surface area (Å²) in [7, 11) is 12.5. The van der Waals surface area contributed by atoms with Gasteiger partial charge in [-0.05, 0) is 19.9 Å². The summed E-state index contributed by atoms with van der Waals surface area (Å²) in [6.45, 7) is 4.66. The van der Waals surface area contributed by atoms with Gasteiger partial charge in [-0.2, -0.15) is 0 Å². The second-order valence-electron chi connectivity index (χ2n) is 8.18. The molecule has 0 amide bonds. The van der Waals surface area contributed by atoms with E-state index in [0.717, 1.165) is 13.0 Å². The van der Waals surface area contributed by atoms with E-state index in [4.69, 9.17) is 0 Å². The average Bonchev–Trinajstić information content (AvgIpc) is 2.51. The normalized spacial score (nSPS) is 11.0. The molecule has 0 aromatic rings. The molecule has 0 heterocycles. The molecule has 0 aromatic heterocycles. The summed E-state index contributed by atoms with van der Waals surface area (Å²) < 4.78 is 0. The molecule has 3 N–H and O–H groups in total. The molecule has 0 fully saturated rings. The molecule has 0 saturated carbocycles. The number of carbonyl (C=O) groups is 1. The van der Waals surface area contributed by atoms with Crippen molar-refractivity contribution in [3.05, 3.63) is 0 Å². The Morgan fingerprint density at radius 3 is 1.37 bits per heavy atom. The zero-order valence-corrected chi connectivity index (χ0v) is 21.1. The van der Waals surface area contributed by atoms with Gasteiger partial charge < -0.3 is 42.0 Å². The van der Waals surface area contributed by atoms with Gasteiger partial charge in [0.05, 0.1) is 48.3 Å². The lowest BCUT2D eigenvalue weighted by atomic mass is 10.1. The first-order valence-electron chi connectivity index (χ1n) is 10.6. The van der Waals surface area contributed by atoms with E-state index in [0.29, 0.717) is 0 Å². The number of carbonyl (C=O) groups excluding carboxylic acids is 1. The van der Waals surface area contributed by atoms with E-state index in [9.17, 15) is 9.90 Å². The summed E-state index contributed by atoms with van der Waals surface area (Å²) in [5, 5.41) is 13.4. The molecule has 0 aliphatic heterocycles. The Balaban J connectivity index is -0.000000247. The fourth-order valence-electron chi connectivity index (χ4n) is 2.01. The highest BCUT2D eigenvalue weighted by atomic mass is 79.9. The lowest BCUT2D eigenvalue weighted by molar-refractivity contribution is -0.836. The largest absolute Gasteiger partial charge is 1.00 e. The number of unbranched alkanes of at least 4 members (excludes halogenated alkanes) is 9. The van der Waals surface area contributed by atoms with Crippen LogP contribution in [0.5, 0.6) is 0 Å². The minimum absolute atomic E-state index is 0. The molecule has 1 atom stereocenters. The van der Waals surface area contributed by atoms with Crippen LogP contribution in [0.1, 0.15) is 78.1 Å². The maximum absolute atomic E-state index is 10.4. The number of quaternary nitrogens is 2. The fourth-order valence-corrected chi connectivity index (χ4v) is 2.01. The predicted molar refractivity (Wildman–Crippen MR) is 112 cm³/mol. The fraction of sp³-hybridized carbons (Fsp3) is 0.952. The summed E-state index contributed by atoms with van der Waals surface area (Å²) >= 11 is 0. The van der Waals surface area contributed by atoms with Gasteiger partial charge in [-0.3, -0.25) is 0 Å². The molecule has 27 heavy (non-hydrogen) atoms. The number of nitrogens with one attached hydrogen (secondary N) is 3. The molecule has 0 bridgehead atoms. The maximum Gasteiger partial charge on any atom is 0.0661 e. The molecule has 0 radical (unpaired) electrons. The molecule has 0 rings (SSSR count). The predicted octanol–water partition coefficient (Wildman–Crippen LogP) is -2.84. The van der Waals surface area contributed by atoms with Gasteiger partial charge in [-0.25, -0.2) is 0 Å². The van der Waals surface area contributed by atoms with Gasteiger partial charge in [0.2, 0.25) is 0 Å². The molecule has 0 aliphatic carbocycles. The van der Waals surface area contributed by atoms with Crippen molar-refractivity contribution >= 4 is 5.97 Å². The summed E-state index contributed by atoms with van der Waals surface area (Å²) in [5.41, 5.74) is 0. The Bertz CT molecular complexity index is 267. The molecule has 6 heteroatoms. The molecule has 0 saturated heterocycles. The van der Waals surface area contributed by atoms with Gasteiger partial charge in [0.15, 0.2) is 0 Å². The number of aliphatic carboxylic acids is 1. The van der Waals surface area contributed by atoms with Crippen LogP contribution in [0.2, 0.25) is 0 Å². The molecule has 5 nitrogen and oxygen atoms in total. The number of halogens is 1. The Labute approximate surface area is 181 Å². The first-order valence-corrected chi connectivity index (χ1v) is 10.6. The summed E-state index contributed by atoms with van der Waals surface area (Å²) in [5.74, 6) is -1.01. The van der Waals surface area contributed by atoms with Crippen molar-refractivity contribution in [3.63, 3.8) is 0 Å². The third kappa shape index (κ3) is 51.8. The second-order valence-corrected chi connectivity index (χ2v) is 8.18. The summed E-state index contributed by atoms with van der Waals surface area (Å²) in [6.07, 6.45) is 13.1. The first-order chi connectivity index (χ1) is 12.1. The quantitative estimate of drug-likeness (QED) is 0.262. The smallest absolute Gasteiger partial charge is 0.0661 e. The number of hydrogen-bond acceptors (Lipinski definition) is 3. The van der Waals surface area contributed by atoms with Crippen LogP contribution in [-0.2, 0) is 4.79 Å². The zero-order chi connectivity index (χ0) is 20.8. The van der Waals surface area contributed by atoms with Gasteiger partial charge in [-0.15, -0.1) is 0 Å². The van der Waals surface area contributed by atoms with E-state index in [2.05, 4.69) is 54.5 Å². The number of hydrogen-bond donors (Lipinski definition) is 3. The maximum atomic E-state index is 10.4. The van der Waals surface area contributed by atoms with E-state index in [1.54, 1.807) is 6.92 Å². The third-order valence-corrected chi connectivity index (χ3v) is 3.33. The van der Waals surface area contributed by atoms with Gasteiger partial charge in [0, 0.05) is 6.04 Å². The molecule has 0 aliphatic rings. The van der Waals surface area contributed by atoms with Crippen molar-refractivity contribution < 1.29 is 36.7 Å². The van der Waals surface area contributed by atoms with E-state index >= 15 is 0 Å². The number of rotatable bonds is 13. The van der Waals surface area contributed by atoms with Crippen LogP contribution in [0.15, 0.2) is 0 Å². The SMILES string of the molecule is CCCCCCCCCCCCN[C@@H](C)C(=O)[O-].C[NH+](C)C.C[NH+](C)C.[Br-]. The van der Waals surface area contributed by atoms with Crippen molar-refractivity contribution in [2.45, 2.75) is 84.1 Å². The lowest BCUT2D eigenvalue weighted by Crippen LogP contribution is -3.02. The van der Waals surface area contributed by atoms with Crippen molar-refractivity contribution in [2.75, 3.05) is 48.8 Å². The summed E-state index contributed by atoms with van der Waals surface area (Å²) in [4.78, 5) is 13.3. The van der Waals surface area contributed by atoms with Gasteiger partial charge in [0.25, 0.3) is 0 Å². The van der Waals surface area contributed by atoms with Crippen molar-refractivity contribution in [3.8, 4) is 0 Å². The van der Waals surface area contributed by atoms with Gasteiger partial charge in [-0.1, -0.05) is 64.7 Å². The highest BCUT2D eigenvalue weighted by molar-refractivity contribution is 5.70. The van der Waals surface area contributed by atoms with Crippen molar-refractivity contribution in [1.82, 2.24) is 5.32 Å². The van der Waals surface area contributed by atoms with Crippen LogP contribution >= 0.6 is 0 Å². The highest BCUT2D eigenvalue weighted by Crippen LogP contribution is 2.10. The van der Waals surface area contributed by atoms with Crippen LogP contribution in [0, 0.1) is 0 Å². The van der Waals surface area contributed by atoms with Gasteiger partial charge >= 0.3 is 0 Å². The number of carboxylic acids is 1. The monoisotopic (exact) mass is 455 g/mol. The summed E-state index contributed by atoms with van der Waals surface area (Å²) in [6, 6.07) is -0.524. The second kappa shape index (κ2) is 28.0. The van der Waals surface area contributed by atoms with Crippen LogP contribution < -0.4 is 37.2 Å². The molecular weight excluding hydrogens is 406 g/mol. The molecule has 0 spiro atoms. The van der Waals surface area contributed by atoms with E-state index < -0.39 is 12.0 Å². The van der Waals surface area contributed by atoms with E-state index in [1.807, 2.05) is 0 Å². The molecule has 0 aromatic carbocycles. The van der Waals surface area contributed by atoms with Crippen LogP contribution in [0.4, 0.5) is 0 Å². The van der Waals surface area contributed by atoms with Crippen LogP contribution in [-0.4, -0.2) is 60.8 Å². The third-order valence-electron chi connectivity index (χ3n) is 3.33. The minimum atomic E-state index is -1.01. The van der Waals surface area contributed by atoms with Crippen molar-refractivity contribution in [1.29, 1.82) is 0 Å². The molecule has 168 valence electrons. The Morgan fingerprint density at radius 1 is 0.778 bits per heavy atom. The topological polar surface area (TPSA) is 61.0 Å². The highest BCUT2D eigenvalue weighted by Gasteiger charge is 1.99. The number of carboxylic acid groups (broad SMARTS) is 1. The molecular formula is C21H50BrN3O2. The van der Waals surface area contributed by atoms with Gasteiger partial charge in [0.1, 0.15) is 0 Å². The minimum Gasteiger partial charge on any atom is -1.00 e. The van der Waals surface area contributed by atoms with Crippen molar-refractivity contribution in [2.24, 2.45) is 0 Å². The van der Waals surface area contributed by atoms with E-state index in [-0.39, 0.29) is 17.0 Å². The first kappa shape index (κ1) is 34.3. The zero-order valence-electron chi connectivity index (χ0n) is 19.5. The average molecular weight is 457 g/mol.